The maximum atomic E-state index is 8.80. The summed E-state index contributed by atoms with van der Waals surface area (Å²) in [6, 6.07) is 5.56. The van der Waals surface area contributed by atoms with Gasteiger partial charge in [0.2, 0.25) is 0 Å². The Bertz CT molecular complexity index is 417. The van der Waals surface area contributed by atoms with Crippen LogP contribution < -0.4 is 0 Å². The number of aromatic nitrogens is 2. The van der Waals surface area contributed by atoms with Gasteiger partial charge in [0, 0.05) is 6.20 Å². The van der Waals surface area contributed by atoms with Crippen molar-refractivity contribution in [3.63, 3.8) is 0 Å². The van der Waals surface area contributed by atoms with E-state index in [0.29, 0.717) is 12.3 Å². The number of hydrogen-bond donors (Lipinski definition) is 1. The summed E-state index contributed by atoms with van der Waals surface area (Å²) in [7, 11) is 0. The van der Waals surface area contributed by atoms with Gasteiger partial charge in [0.25, 0.3) is 0 Å². The molecule has 2 aromatic heterocycles. The lowest BCUT2D eigenvalue weighted by atomic mass is 10.4. The Kier molecular flexibility index (Phi) is 2.37. The topological polar surface area (TPSA) is 51.2 Å². The average molecular weight is 192 g/mol. The summed E-state index contributed by atoms with van der Waals surface area (Å²) in [5.74, 6) is 1.39. The van der Waals surface area contributed by atoms with Gasteiger partial charge in [-0.15, -0.1) is 0 Å². The Morgan fingerprint density at radius 3 is 2.71 bits per heavy atom. The lowest BCUT2D eigenvalue weighted by Crippen LogP contribution is -1.98. The number of aryl methyl sites for hydroxylation is 1. The second-order valence-corrected chi connectivity index (χ2v) is 3.18. The fraction of sp³-hybridized carbons (Fsp3) is 0.300. The number of furan rings is 1. The van der Waals surface area contributed by atoms with Gasteiger partial charge in [0.15, 0.2) is 0 Å². The third kappa shape index (κ3) is 1.85. The Balaban J connectivity index is 2.10. The van der Waals surface area contributed by atoms with Crippen LogP contribution >= 0.6 is 0 Å². The molecular weight excluding hydrogens is 180 g/mol. The minimum atomic E-state index is -0.0574. The zero-order chi connectivity index (χ0) is 9.97. The molecule has 0 saturated heterocycles. The van der Waals surface area contributed by atoms with Gasteiger partial charge in [0.05, 0.1) is 12.2 Å². The summed E-state index contributed by atoms with van der Waals surface area (Å²) >= 11 is 0. The van der Waals surface area contributed by atoms with E-state index in [2.05, 4.69) is 5.10 Å². The number of nitrogens with zero attached hydrogens (tertiary/aromatic N) is 2. The molecule has 4 heteroatoms. The van der Waals surface area contributed by atoms with Crippen molar-refractivity contribution in [2.75, 3.05) is 0 Å². The predicted octanol–water partition coefficient (Wildman–Crippen LogP) is 1.33. The van der Waals surface area contributed by atoms with Gasteiger partial charge in [-0.05, 0) is 25.1 Å². The van der Waals surface area contributed by atoms with Crippen molar-refractivity contribution in [2.24, 2.45) is 0 Å². The molecule has 0 bridgehead atoms. The van der Waals surface area contributed by atoms with Crippen LogP contribution in [0.4, 0.5) is 0 Å². The predicted molar refractivity (Wildman–Crippen MR) is 50.7 cm³/mol. The van der Waals surface area contributed by atoms with Crippen LogP contribution in [0.5, 0.6) is 0 Å². The van der Waals surface area contributed by atoms with E-state index in [1.54, 1.807) is 10.7 Å². The first kappa shape index (κ1) is 9.02. The normalized spacial score (nSPS) is 10.7. The number of rotatable bonds is 3. The standard InChI is InChI=1S/C10H12N2O2/c1-8-4-5-12(11-8)6-9-2-3-10(7-13)14-9/h2-5,13H,6-7H2,1H3. The first-order valence-electron chi connectivity index (χ1n) is 4.46. The van der Waals surface area contributed by atoms with Gasteiger partial charge < -0.3 is 9.52 Å². The highest BCUT2D eigenvalue weighted by Crippen LogP contribution is 2.09. The zero-order valence-electron chi connectivity index (χ0n) is 7.97. The van der Waals surface area contributed by atoms with Crippen LogP contribution in [0, 0.1) is 6.92 Å². The molecule has 0 unspecified atom stereocenters. The van der Waals surface area contributed by atoms with Crippen LogP contribution in [0.25, 0.3) is 0 Å². The fourth-order valence-electron chi connectivity index (χ4n) is 1.30. The summed E-state index contributed by atoms with van der Waals surface area (Å²) in [5.41, 5.74) is 0.985. The zero-order valence-corrected chi connectivity index (χ0v) is 7.97. The van der Waals surface area contributed by atoms with Crippen LogP contribution in [-0.2, 0) is 13.2 Å². The Labute approximate surface area is 81.8 Å². The highest BCUT2D eigenvalue weighted by molar-refractivity contribution is 5.07. The molecule has 0 radical (unpaired) electrons. The summed E-state index contributed by atoms with van der Waals surface area (Å²) < 4.78 is 7.14. The van der Waals surface area contributed by atoms with E-state index in [0.717, 1.165) is 11.5 Å². The summed E-state index contributed by atoms with van der Waals surface area (Å²) in [6.07, 6.45) is 1.90. The highest BCUT2D eigenvalue weighted by atomic mass is 16.4. The Hall–Kier alpha value is -1.55. The molecule has 0 amide bonds. The first-order valence-corrected chi connectivity index (χ1v) is 4.46. The van der Waals surface area contributed by atoms with Gasteiger partial charge >= 0.3 is 0 Å². The fourth-order valence-corrected chi connectivity index (χ4v) is 1.30. The molecule has 4 nitrogen and oxygen atoms in total. The molecule has 2 rings (SSSR count). The number of aliphatic hydroxyl groups is 1. The van der Waals surface area contributed by atoms with Gasteiger partial charge in [-0.1, -0.05) is 0 Å². The molecule has 0 aromatic carbocycles. The van der Waals surface area contributed by atoms with Gasteiger partial charge in [0.1, 0.15) is 18.1 Å². The molecule has 74 valence electrons. The van der Waals surface area contributed by atoms with Crippen molar-refractivity contribution >= 4 is 0 Å². The van der Waals surface area contributed by atoms with Crippen LogP contribution in [0.3, 0.4) is 0 Å². The van der Waals surface area contributed by atoms with Crippen molar-refractivity contribution in [2.45, 2.75) is 20.1 Å². The summed E-state index contributed by atoms with van der Waals surface area (Å²) in [5, 5.41) is 13.0. The minimum Gasteiger partial charge on any atom is -0.462 e. The van der Waals surface area contributed by atoms with Crippen LogP contribution in [0.15, 0.2) is 28.8 Å². The molecular formula is C10H12N2O2. The van der Waals surface area contributed by atoms with Crippen LogP contribution in [-0.4, -0.2) is 14.9 Å². The lowest BCUT2D eigenvalue weighted by Gasteiger charge is -1.96. The molecule has 0 aliphatic carbocycles. The van der Waals surface area contributed by atoms with E-state index in [9.17, 15) is 0 Å². The third-order valence-corrected chi connectivity index (χ3v) is 1.96. The lowest BCUT2D eigenvalue weighted by molar-refractivity contribution is 0.242. The molecule has 14 heavy (non-hydrogen) atoms. The van der Waals surface area contributed by atoms with E-state index in [-0.39, 0.29) is 6.61 Å². The SMILES string of the molecule is Cc1ccn(Cc2ccc(CO)o2)n1. The molecule has 2 heterocycles. The molecule has 0 aliphatic rings. The van der Waals surface area contributed by atoms with Gasteiger partial charge in [-0.2, -0.15) is 5.10 Å². The first-order chi connectivity index (χ1) is 6.78. The maximum absolute atomic E-state index is 8.80. The van der Waals surface area contributed by atoms with E-state index in [1.807, 2.05) is 25.3 Å². The van der Waals surface area contributed by atoms with E-state index >= 15 is 0 Å². The van der Waals surface area contributed by atoms with E-state index in [1.165, 1.54) is 0 Å². The molecule has 0 saturated carbocycles. The summed E-state index contributed by atoms with van der Waals surface area (Å²) in [4.78, 5) is 0. The van der Waals surface area contributed by atoms with Crippen LogP contribution in [0.2, 0.25) is 0 Å². The Morgan fingerprint density at radius 1 is 1.36 bits per heavy atom. The van der Waals surface area contributed by atoms with Crippen molar-refractivity contribution in [1.82, 2.24) is 9.78 Å². The van der Waals surface area contributed by atoms with Gasteiger partial charge in [-0.25, -0.2) is 0 Å². The van der Waals surface area contributed by atoms with Crippen LogP contribution in [0.1, 0.15) is 17.2 Å². The molecule has 0 fully saturated rings. The smallest absolute Gasteiger partial charge is 0.129 e. The molecule has 0 spiro atoms. The minimum absolute atomic E-state index is 0.0574. The maximum Gasteiger partial charge on any atom is 0.129 e. The third-order valence-electron chi connectivity index (χ3n) is 1.96. The van der Waals surface area contributed by atoms with Gasteiger partial charge in [-0.3, -0.25) is 4.68 Å². The Morgan fingerprint density at radius 2 is 2.14 bits per heavy atom. The second-order valence-electron chi connectivity index (χ2n) is 3.18. The average Bonchev–Trinajstić information content (AvgIpc) is 2.76. The summed E-state index contributed by atoms with van der Waals surface area (Å²) in [6.45, 7) is 2.49. The molecule has 1 N–H and O–H groups in total. The van der Waals surface area contributed by atoms with Crippen molar-refractivity contribution < 1.29 is 9.52 Å². The second kappa shape index (κ2) is 3.67. The molecule has 2 aromatic rings. The molecule has 0 atom stereocenters. The van der Waals surface area contributed by atoms with Crippen molar-refractivity contribution in [3.05, 3.63) is 41.6 Å². The largest absolute Gasteiger partial charge is 0.462 e. The number of aliphatic hydroxyl groups excluding tert-OH is 1. The van der Waals surface area contributed by atoms with E-state index in [4.69, 9.17) is 9.52 Å². The van der Waals surface area contributed by atoms with E-state index < -0.39 is 0 Å². The quantitative estimate of drug-likeness (QED) is 0.798. The number of hydrogen-bond acceptors (Lipinski definition) is 3. The van der Waals surface area contributed by atoms with Crippen molar-refractivity contribution in [3.8, 4) is 0 Å². The molecule has 0 aliphatic heterocycles. The highest BCUT2D eigenvalue weighted by Gasteiger charge is 2.02. The van der Waals surface area contributed by atoms with Crippen molar-refractivity contribution in [1.29, 1.82) is 0 Å². The monoisotopic (exact) mass is 192 g/mol.